The molecule has 0 radical (unpaired) electrons. The Morgan fingerprint density at radius 1 is 1.20 bits per heavy atom. The summed E-state index contributed by atoms with van der Waals surface area (Å²) in [5.74, 6) is 0.532. The zero-order valence-electron chi connectivity index (χ0n) is 12.8. The summed E-state index contributed by atoms with van der Waals surface area (Å²) in [5, 5.41) is 0. The van der Waals surface area contributed by atoms with Crippen molar-refractivity contribution in [1.82, 2.24) is 4.98 Å². The number of pyridine rings is 1. The first-order chi connectivity index (χ1) is 9.30. The lowest BCUT2D eigenvalue weighted by Gasteiger charge is -2.32. The summed E-state index contributed by atoms with van der Waals surface area (Å²) in [4.78, 5) is 4.56. The van der Waals surface area contributed by atoms with E-state index in [4.69, 9.17) is 15.0 Å². The molecule has 0 spiro atoms. The summed E-state index contributed by atoms with van der Waals surface area (Å²) in [5.41, 5.74) is 8.02. The summed E-state index contributed by atoms with van der Waals surface area (Å²) < 4.78 is 12.3. The third-order valence-electron chi connectivity index (χ3n) is 4.97. The van der Waals surface area contributed by atoms with Gasteiger partial charge >= 0.3 is 7.12 Å². The minimum Gasteiger partial charge on any atom is -0.399 e. The van der Waals surface area contributed by atoms with Gasteiger partial charge in [0.05, 0.1) is 17.4 Å². The fourth-order valence-electron chi connectivity index (χ4n) is 2.69. The van der Waals surface area contributed by atoms with Crippen LogP contribution in [0.25, 0.3) is 0 Å². The molecule has 2 N–H and O–H groups in total. The predicted molar refractivity (Wildman–Crippen MR) is 81.0 cm³/mol. The van der Waals surface area contributed by atoms with Gasteiger partial charge in [0, 0.05) is 22.8 Å². The van der Waals surface area contributed by atoms with E-state index in [-0.39, 0.29) is 18.3 Å². The van der Waals surface area contributed by atoms with E-state index in [2.05, 4.69) is 32.7 Å². The topological polar surface area (TPSA) is 57.4 Å². The summed E-state index contributed by atoms with van der Waals surface area (Å²) in [6.45, 7) is 8.26. The summed E-state index contributed by atoms with van der Waals surface area (Å²) in [6.07, 6.45) is 5.41. The van der Waals surface area contributed by atoms with E-state index >= 15 is 0 Å². The van der Waals surface area contributed by atoms with Crippen molar-refractivity contribution in [2.75, 3.05) is 5.73 Å². The SMILES string of the molecule is CC1(C)OB(c2cc(N)cnc2C2CCC2)OC1(C)C. The van der Waals surface area contributed by atoms with Gasteiger partial charge in [0.2, 0.25) is 0 Å². The highest BCUT2D eigenvalue weighted by Crippen LogP contribution is 2.39. The number of nitrogen functional groups attached to an aromatic ring is 1. The number of nitrogens with zero attached hydrogens (tertiary/aromatic N) is 1. The Kier molecular flexibility index (Phi) is 3.10. The Hall–Kier alpha value is -1.07. The molecule has 0 aromatic carbocycles. The van der Waals surface area contributed by atoms with E-state index in [1.807, 2.05) is 6.07 Å². The van der Waals surface area contributed by atoms with Crippen LogP contribution in [-0.2, 0) is 9.31 Å². The molecule has 1 aromatic rings. The minimum atomic E-state index is -0.369. The van der Waals surface area contributed by atoms with Gasteiger partial charge < -0.3 is 15.0 Å². The zero-order valence-corrected chi connectivity index (χ0v) is 12.8. The largest absolute Gasteiger partial charge is 0.496 e. The first kappa shape index (κ1) is 13.9. The second-order valence-corrected chi connectivity index (χ2v) is 6.96. The lowest BCUT2D eigenvalue weighted by atomic mass is 9.71. The van der Waals surface area contributed by atoms with Crippen molar-refractivity contribution in [2.24, 2.45) is 0 Å². The highest BCUT2D eigenvalue weighted by atomic mass is 16.7. The number of rotatable bonds is 2. The fraction of sp³-hybridized carbons (Fsp3) is 0.667. The second-order valence-electron chi connectivity index (χ2n) is 6.96. The predicted octanol–water partition coefficient (Wildman–Crippen LogP) is 2.23. The summed E-state index contributed by atoms with van der Waals surface area (Å²) in [7, 11) is -0.369. The summed E-state index contributed by atoms with van der Waals surface area (Å²) in [6, 6.07) is 1.96. The molecule has 3 rings (SSSR count). The van der Waals surface area contributed by atoms with Crippen molar-refractivity contribution in [3.63, 3.8) is 0 Å². The van der Waals surface area contributed by atoms with Gasteiger partial charge in [-0.25, -0.2) is 0 Å². The van der Waals surface area contributed by atoms with Gasteiger partial charge in [-0.1, -0.05) is 6.42 Å². The van der Waals surface area contributed by atoms with Crippen molar-refractivity contribution >= 4 is 18.3 Å². The maximum absolute atomic E-state index is 6.15. The average molecular weight is 274 g/mol. The van der Waals surface area contributed by atoms with Crippen LogP contribution < -0.4 is 11.2 Å². The van der Waals surface area contributed by atoms with E-state index in [1.165, 1.54) is 19.3 Å². The molecule has 2 fully saturated rings. The Morgan fingerprint density at radius 2 is 1.80 bits per heavy atom. The standard InChI is InChI=1S/C15H23BN2O2/c1-14(2)15(3,4)20-16(19-14)12-8-11(17)9-18-13(12)10-6-5-7-10/h8-10H,5-7,17H2,1-4H3. The van der Waals surface area contributed by atoms with Crippen LogP contribution in [0.15, 0.2) is 12.3 Å². The number of hydrogen-bond donors (Lipinski definition) is 1. The van der Waals surface area contributed by atoms with Gasteiger partial charge in [-0.15, -0.1) is 0 Å². The van der Waals surface area contributed by atoms with Crippen LogP contribution in [0.3, 0.4) is 0 Å². The molecule has 20 heavy (non-hydrogen) atoms. The molecule has 1 aromatic heterocycles. The third-order valence-corrected chi connectivity index (χ3v) is 4.97. The van der Waals surface area contributed by atoms with Crippen LogP contribution in [-0.4, -0.2) is 23.3 Å². The second kappa shape index (κ2) is 4.47. The van der Waals surface area contributed by atoms with Gasteiger partial charge in [-0.3, -0.25) is 4.98 Å². The monoisotopic (exact) mass is 274 g/mol. The van der Waals surface area contributed by atoms with Crippen LogP contribution >= 0.6 is 0 Å². The first-order valence-corrected chi connectivity index (χ1v) is 7.41. The van der Waals surface area contributed by atoms with Gasteiger partial charge in [-0.2, -0.15) is 0 Å². The van der Waals surface area contributed by atoms with Crippen LogP contribution in [0.2, 0.25) is 0 Å². The smallest absolute Gasteiger partial charge is 0.399 e. The number of anilines is 1. The molecule has 0 amide bonds. The molecule has 1 saturated heterocycles. The first-order valence-electron chi connectivity index (χ1n) is 7.41. The molecule has 2 heterocycles. The molecule has 1 aliphatic heterocycles. The van der Waals surface area contributed by atoms with E-state index in [1.54, 1.807) is 6.20 Å². The van der Waals surface area contributed by atoms with E-state index in [0.29, 0.717) is 11.6 Å². The van der Waals surface area contributed by atoms with E-state index < -0.39 is 0 Å². The fourth-order valence-corrected chi connectivity index (χ4v) is 2.69. The van der Waals surface area contributed by atoms with Crippen molar-refractivity contribution < 1.29 is 9.31 Å². The van der Waals surface area contributed by atoms with Gasteiger partial charge in [0.25, 0.3) is 0 Å². The molecule has 1 aliphatic carbocycles. The van der Waals surface area contributed by atoms with Crippen molar-refractivity contribution in [1.29, 1.82) is 0 Å². The third kappa shape index (κ3) is 2.13. The molecule has 0 atom stereocenters. The molecule has 1 saturated carbocycles. The Balaban J connectivity index is 1.96. The number of aromatic nitrogens is 1. The van der Waals surface area contributed by atoms with E-state index in [9.17, 15) is 0 Å². The summed E-state index contributed by atoms with van der Waals surface area (Å²) >= 11 is 0. The Morgan fingerprint density at radius 3 is 2.30 bits per heavy atom. The Labute approximate surface area is 121 Å². The molecule has 108 valence electrons. The maximum Gasteiger partial charge on any atom is 0.496 e. The molecule has 5 heteroatoms. The lowest BCUT2D eigenvalue weighted by molar-refractivity contribution is 0.00578. The maximum atomic E-state index is 6.15. The van der Waals surface area contributed by atoms with E-state index in [0.717, 1.165) is 11.2 Å². The lowest BCUT2D eigenvalue weighted by Crippen LogP contribution is -2.41. The molecular formula is C15H23BN2O2. The van der Waals surface area contributed by atoms with Crippen molar-refractivity contribution in [3.05, 3.63) is 18.0 Å². The van der Waals surface area contributed by atoms with Crippen LogP contribution in [0.4, 0.5) is 5.69 Å². The molecule has 0 bridgehead atoms. The van der Waals surface area contributed by atoms with Gasteiger partial charge in [0.15, 0.2) is 0 Å². The van der Waals surface area contributed by atoms with Crippen molar-refractivity contribution in [2.45, 2.75) is 64.1 Å². The van der Waals surface area contributed by atoms with Gasteiger partial charge in [-0.05, 0) is 46.6 Å². The van der Waals surface area contributed by atoms with Crippen LogP contribution in [0, 0.1) is 0 Å². The molecule has 2 aliphatic rings. The highest BCUT2D eigenvalue weighted by Gasteiger charge is 2.52. The molecular weight excluding hydrogens is 251 g/mol. The molecule has 0 unspecified atom stereocenters. The van der Waals surface area contributed by atoms with Crippen LogP contribution in [0.5, 0.6) is 0 Å². The zero-order chi connectivity index (χ0) is 14.5. The van der Waals surface area contributed by atoms with Crippen molar-refractivity contribution in [3.8, 4) is 0 Å². The molecule has 4 nitrogen and oxygen atoms in total. The number of hydrogen-bond acceptors (Lipinski definition) is 4. The average Bonchev–Trinajstić information content (AvgIpc) is 2.48. The normalized spacial score (nSPS) is 24.7. The Bertz CT molecular complexity index is 511. The quantitative estimate of drug-likeness (QED) is 0.840. The number of nitrogens with two attached hydrogens (primary N) is 1. The minimum absolute atomic E-state index is 0.334. The highest BCUT2D eigenvalue weighted by molar-refractivity contribution is 6.62. The van der Waals surface area contributed by atoms with Gasteiger partial charge in [0.1, 0.15) is 0 Å². The van der Waals surface area contributed by atoms with Crippen LogP contribution in [0.1, 0.15) is 58.6 Å².